The van der Waals surface area contributed by atoms with Crippen molar-refractivity contribution in [3.8, 4) is 0 Å². The van der Waals surface area contributed by atoms with E-state index in [4.69, 9.17) is 10.5 Å². The van der Waals surface area contributed by atoms with E-state index in [9.17, 15) is 13.2 Å². The number of anilines is 1. The molecule has 1 aliphatic rings. The van der Waals surface area contributed by atoms with E-state index >= 15 is 0 Å². The largest absolute Gasteiger partial charge is 0.469 e. The van der Waals surface area contributed by atoms with Gasteiger partial charge in [0.1, 0.15) is 0 Å². The SMILES string of the molecule is COC(=O)C1CN(S(=O)(=O)c2cccc(N)c2C)CC1C. The first-order valence-electron chi connectivity index (χ1n) is 6.72. The van der Waals surface area contributed by atoms with E-state index in [2.05, 4.69) is 0 Å². The first kappa shape index (κ1) is 15.8. The lowest BCUT2D eigenvalue weighted by Crippen LogP contribution is -2.31. The number of carbonyl (C=O) groups excluding carboxylic acids is 1. The Balaban J connectivity index is 2.34. The van der Waals surface area contributed by atoms with Gasteiger partial charge in [-0.15, -0.1) is 0 Å². The number of hydrogen-bond acceptors (Lipinski definition) is 5. The maximum Gasteiger partial charge on any atom is 0.310 e. The second-order valence-corrected chi connectivity index (χ2v) is 7.31. The normalized spacial score (nSPS) is 23.2. The van der Waals surface area contributed by atoms with Gasteiger partial charge in [0.25, 0.3) is 0 Å². The van der Waals surface area contributed by atoms with Gasteiger partial charge in [0, 0.05) is 18.8 Å². The van der Waals surface area contributed by atoms with Crippen molar-refractivity contribution < 1.29 is 17.9 Å². The van der Waals surface area contributed by atoms with Crippen LogP contribution in [0.2, 0.25) is 0 Å². The van der Waals surface area contributed by atoms with Crippen molar-refractivity contribution >= 4 is 21.7 Å². The summed E-state index contributed by atoms with van der Waals surface area (Å²) in [5.41, 5.74) is 6.76. The van der Waals surface area contributed by atoms with Crippen molar-refractivity contribution in [2.45, 2.75) is 18.7 Å². The molecule has 1 aromatic rings. The molecule has 0 spiro atoms. The van der Waals surface area contributed by atoms with Gasteiger partial charge in [-0.3, -0.25) is 4.79 Å². The second kappa shape index (κ2) is 5.65. The molecule has 0 saturated carbocycles. The number of nitrogens with two attached hydrogens (primary N) is 1. The number of esters is 1. The van der Waals surface area contributed by atoms with Crippen LogP contribution in [0.5, 0.6) is 0 Å². The van der Waals surface area contributed by atoms with E-state index in [1.54, 1.807) is 19.1 Å². The number of benzene rings is 1. The molecule has 0 aromatic heterocycles. The zero-order valence-electron chi connectivity index (χ0n) is 12.4. The fraction of sp³-hybridized carbons (Fsp3) is 0.500. The van der Waals surface area contributed by atoms with Crippen molar-refractivity contribution in [2.75, 3.05) is 25.9 Å². The first-order chi connectivity index (χ1) is 9.78. The van der Waals surface area contributed by atoms with Crippen molar-refractivity contribution in [1.29, 1.82) is 0 Å². The van der Waals surface area contributed by atoms with Crippen LogP contribution in [0.4, 0.5) is 5.69 Å². The molecule has 0 amide bonds. The molecule has 0 aliphatic carbocycles. The average molecular weight is 312 g/mol. The van der Waals surface area contributed by atoms with Crippen molar-refractivity contribution in [3.63, 3.8) is 0 Å². The molecule has 1 aromatic carbocycles. The minimum atomic E-state index is -3.65. The maximum atomic E-state index is 12.7. The van der Waals surface area contributed by atoms with Crippen molar-refractivity contribution in [2.24, 2.45) is 11.8 Å². The van der Waals surface area contributed by atoms with Gasteiger partial charge in [0.15, 0.2) is 0 Å². The molecule has 1 heterocycles. The van der Waals surface area contributed by atoms with Crippen LogP contribution in [0.25, 0.3) is 0 Å². The summed E-state index contributed by atoms with van der Waals surface area (Å²) in [5.74, 6) is -0.871. The van der Waals surface area contributed by atoms with Gasteiger partial charge in [-0.2, -0.15) is 4.31 Å². The summed E-state index contributed by atoms with van der Waals surface area (Å²) < 4.78 is 31.5. The van der Waals surface area contributed by atoms with Crippen LogP contribution in [-0.4, -0.2) is 38.9 Å². The summed E-state index contributed by atoms with van der Waals surface area (Å²) in [6.07, 6.45) is 0. The number of nitrogen functional groups attached to an aromatic ring is 1. The Labute approximate surface area is 124 Å². The lowest BCUT2D eigenvalue weighted by molar-refractivity contribution is -0.145. The predicted octanol–water partition coefficient (Wildman–Crippen LogP) is 1.01. The fourth-order valence-corrected chi connectivity index (χ4v) is 4.45. The number of sulfonamides is 1. The lowest BCUT2D eigenvalue weighted by atomic mass is 9.99. The van der Waals surface area contributed by atoms with E-state index < -0.39 is 15.9 Å². The molecule has 1 saturated heterocycles. The Morgan fingerprint density at radius 3 is 2.67 bits per heavy atom. The summed E-state index contributed by atoms with van der Waals surface area (Å²) in [6, 6.07) is 4.82. The van der Waals surface area contributed by atoms with Gasteiger partial charge in [-0.1, -0.05) is 13.0 Å². The molecule has 2 rings (SSSR count). The smallest absolute Gasteiger partial charge is 0.310 e. The molecule has 0 bridgehead atoms. The number of methoxy groups -OCH3 is 1. The van der Waals surface area contributed by atoms with Crippen molar-refractivity contribution in [1.82, 2.24) is 4.31 Å². The van der Waals surface area contributed by atoms with Crippen LogP contribution in [0.15, 0.2) is 23.1 Å². The van der Waals surface area contributed by atoms with Gasteiger partial charge in [-0.25, -0.2) is 8.42 Å². The second-order valence-electron chi connectivity index (χ2n) is 5.40. The molecule has 2 atom stereocenters. The van der Waals surface area contributed by atoms with E-state index in [0.717, 1.165) is 0 Å². The monoisotopic (exact) mass is 312 g/mol. The summed E-state index contributed by atoms with van der Waals surface area (Å²) in [6.45, 7) is 3.98. The van der Waals surface area contributed by atoms with Crippen LogP contribution in [0, 0.1) is 18.8 Å². The Morgan fingerprint density at radius 2 is 2.05 bits per heavy atom. The highest BCUT2D eigenvalue weighted by Gasteiger charge is 2.41. The molecular formula is C14H20N2O4S. The number of rotatable bonds is 3. The zero-order chi connectivity index (χ0) is 15.8. The molecule has 1 fully saturated rings. The van der Waals surface area contributed by atoms with E-state index in [1.165, 1.54) is 17.5 Å². The third-order valence-corrected chi connectivity index (χ3v) is 6.00. The topological polar surface area (TPSA) is 89.7 Å². The molecule has 2 N–H and O–H groups in total. The first-order valence-corrected chi connectivity index (χ1v) is 8.16. The minimum absolute atomic E-state index is 0.0754. The Morgan fingerprint density at radius 1 is 1.38 bits per heavy atom. The molecule has 7 heteroatoms. The van der Waals surface area contributed by atoms with Gasteiger partial charge >= 0.3 is 5.97 Å². The Kier molecular flexibility index (Phi) is 4.25. The molecule has 1 aliphatic heterocycles. The standard InChI is InChI=1S/C14H20N2O4S/c1-9-7-16(8-11(9)14(17)20-3)21(18,19)13-6-4-5-12(15)10(13)2/h4-6,9,11H,7-8,15H2,1-3H3. The molecule has 6 nitrogen and oxygen atoms in total. The Hall–Kier alpha value is -1.60. The Bertz CT molecular complexity index is 657. The van der Waals surface area contributed by atoms with E-state index in [-0.39, 0.29) is 23.3 Å². The molecule has 116 valence electrons. The van der Waals surface area contributed by atoms with E-state index in [1.807, 2.05) is 6.92 Å². The summed E-state index contributed by atoms with van der Waals surface area (Å²) in [5, 5.41) is 0. The quantitative estimate of drug-likeness (QED) is 0.664. The fourth-order valence-electron chi connectivity index (χ4n) is 2.63. The third-order valence-electron chi connectivity index (χ3n) is 4.03. The van der Waals surface area contributed by atoms with Crippen molar-refractivity contribution in [3.05, 3.63) is 23.8 Å². The molecule has 21 heavy (non-hydrogen) atoms. The highest BCUT2D eigenvalue weighted by molar-refractivity contribution is 7.89. The average Bonchev–Trinajstić information content (AvgIpc) is 2.83. The van der Waals surface area contributed by atoms with Crippen LogP contribution in [0.1, 0.15) is 12.5 Å². The summed E-state index contributed by atoms with van der Waals surface area (Å²) in [7, 11) is -2.34. The number of nitrogens with zero attached hydrogens (tertiary/aromatic N) is 1. The predicted molar refractivity (Wildman–Crippen MR) is 79.0 cm³/mol. The van der Waals surface area contributed by atoms with Gasteiger partial charge < -0.3 is 10.5 Å². The van der Waals surface area contributed by atoms with Crippen LogP contribution < -0.4 is 5.73 Å². The number of ether oxygens (including phenoxy) is 1. The summed E-state index contributed by atoms with van der Waals surface area (Å²) >= 11 is 0. The van der Waals surface area contributed by atoms with Gasteiger partial charge in [-0.05, 0) is 30.5 Å². The van der Waals surface area contributed by atoms with Crippen LogP contribution >= 0.6 is 0 Å². The highest BCUT2D eigenvalue weighted by atomic mass is 32.2. The van der Waals surface area contributed by atoms with Crippen LogP contribution in [0.3, 0.4) is 0 Å². The van der Waals surface area contributed by atoms with E-state index in [0.29, 0.717) is 17.8 Å². The van der Waals surface area contributed by atoms with Crippen LogP contribution in [-0.2, 0) is 19.6 Å². The molecular weight excluding hydrogens is 292 g/mol. The summed E-state index contributed by atoms with van der Waals surface area (Å²) in [4.78, 5) is 11.9. The molecule has 2 unspecified atom stereocenters. The van der Waals surface area contributed by atoms with Gasteiger partial charge in [0.05, 0.1) is 17.9 Å². The lowest BCUT2D eigenvalue weighted by Gasteiger charge is -2.18. The molecule has 0 radical (unpaired) electrons. The maximum absolute atomic E-state index is 12.7. The number of hydrogen-bond donors (Lipinski definition) is 1. The van der Waals surface area contributed by atoms with Gasteiger partial charge in [0.2, 0.25) is 10.0 Å². The highest BCUT2D eigenvalue weighted by Crippen LogP contribution is 2.31. The third kappa shape index (κ3) is 2.75. The zero-order valence-corrected chi connectivity index (χ0v) is 13.2. The number of carbonyl (C=O) groups is 1. The minimum Gasteiger partial charge on any atom is -0.469 e.